The number of carbonyl (C=O) groups excluding carboxylic acids is 1. The number of carbonyl (C=O) groups is 1. The topological polar surface area (TPSA) is 67.6 Å². The van der Waals surface area contributed by atoms with Gasteiger partial charge >= 0.3 is 5.97 Å². The van der Waals surface area contributed by atoms with Crippen molar-refractivity contribution in [2.45, 2.75) is 13.3 Å². The highest BCUT2D eigenvalue weighted by atomic mass is 16.5. The van der Waals surface area contributed by atoms with Crippen LogP contribution >= 0.6 is 0 Å². The minimum Gasteiger partial charge on any atom is -0.462 e. The van der Waals surface area contributed by atoms with Crippen LogP contribution in [0.2, 0.25) is 0 Å². The van der Waals surface area contributed by atoms with Crippen LogP contribution in [0.3, 0.4) is 0 Å². The quantitative estimate of drug-likeness (QED) is 0.634. The predicted octanol–water partition coefficient (Wildman–Crippen LogP) is 1.81. The SMILES string of the molecule is CCOC(=O)c1cc(NCC2CCN(C)C2)ccc1N. The second kappa shape index (κ2) is 6.61. The van der Waals surface area contributed by atoms with Gasteiger partial charge in [0.2, 0.25) is 0 Å². The number of nitrogens with two attached hydrogens (primary N) is 1. The molecule has 1 aromatic carbocycles. The number of hydrogen-bond acceptors (Lipinski definition) is 5. The van der Waals surface area contributed by atoms with Crippen LogP contribution in [-0.4, -0.2) is 44.2 Å². The van der Waals surface area contributed by atoms with Crippen molar-refractivity contribution in [3.05, 3.63) is 23.8 Å². The number of nitrogens with zero attached hydrogens (tertiary/aromatic N) is 1. The van der Waals surface area contributed by atoms with Gasteiger partial charge in [-0.25, -0.2) is 4.79 Å². The van der Waals surface area contributed by atoms with Crippen LogP contribution in [0.4, 0.5) is 11.4 Å². The van der Waals surface area contributed by atoms with Crippen LogP contribution in [0.1, 0.15) is 23.7 Å². The van der Waals surface area contributed by atoms with E-state index in [0.717, 1.165) is 25.3 Å². The lowest BCUT2D eigenvalue weighted by atomic mass is 10.1. The molecule has 1 aromatic rings. The summed E-state index contributed by atoms with van der Waals surface area (Å²) in [4.78, 5) is 14.1. The largest absolute Gasteiger partial charge is 0.462 e. The maximum absolute atomic E-state index is 11.8. The van der Waals surface area contributed by atoms with Crippen molar-refractivity contribution in [2.75, 3.05) is 44.3 Å². The Labute approximate surface area is 120 Å². The molecule has 1 fully saturated rings. The number of anilines is 2. The van der Waals surface area contributed by atoms with E-state index >= 15 is 0 Å². The molecule has 5 heteroatoms. The Balaban J connectivity index is 1.98. The number of rotatable bonds is 5. The lowest BCUT2D eigenvalue weighted by Crippen LogP contribution is -2.19. The van der Waals surface area contributed by atoms with Crippen LogP contribution in [-0.2, 0) is 4.74 Å². The van der Waals surface area contributed by atoms with Crippen LogP contribution in [0.25, 0.3) is 0 Å². The van der Waals surface area contributed by atoms with Gasteiger partial charge in [0.15, 0.2) is 0 Å². The van der Waals surface area contributed by atoms with Gasteiger partial charge < -0.3 is 20.7 Å². The van der Waals surface area contributed by atoms with Crippen molar-refractivity contribution in [3.8, 4) is 0 Å². The van der Waals surface area contributed by atoms with Gasteiger partial charge in [0.05, 0.1) is 12.2 Å². The molecule has 0 amide bonds. The number of esters is 1. The summed E-state index contributed by atoms with van der Waals surface area (Å²) >= 11 is 0. The lowest BCUT2D eigenvalue weighted by Gasteiger charge is -2.14. The third-order valence-electron chi connectivity index (χ3n) is 3.63. The average molecular weight is 277 g/mol. The zero-order valence-electron chi connectivity index (χ0n) is 12.2. The van der Waals surface area contributed by atoms with Crippen molar-refractivity contribution < 1.29 is 9.53 Å². The molecule has 1 heterocycles. The summed E-state index contributed by atoms with van der Waals surface area (Å²) < 4.78 is 5.00. The van der Waals surface area contributed by atoms with Gasteiger partial charge in [-0.05, 0) is 51.1 Å². The van der Waals surface area contributed by atoms with Gasteiger partial charge in [-0.3, -0.25) is 0 Å². The molecular weight excluding hydrogens is 254 g/mol. The maximum atomic E-state index is 11.8. The summed E-state index contributed by atoms with van der Waals surface area (Å²) in [5, 5.41) is 3.38. The summed E-state index contributed by atoms with van der Waals surface area (Å²) in [7, 11) is 2.14. The number of nitrogens with one attached hydrogen (secondary N) is 1. The molecule has 3 N–H and O–H groups in total. The first-order valence-corrected chi connectivity index (χ1v) is 7.09. The standard InChI is InChI=1S/C15H23N3O2/c1-3-20-15(19)13-8-12(4-5-14(13)16)17-9-11-6-7-18(2)10-11/h4-5,8,11,17H,3,6-7,9-10,16H2,1-2H3. The van der Waals surface area contributed by atoms with E-state index in [1.807, 2.05) is 6.07 Å². The molecule has 0 radical (unpaired) electrons. The summed E-state index contributed by atoms with van der Waals surface area (Å²) in [6.45, 7) is 5.32. The third-order valence-corrected chi connectivity index (χ3v) is 3.63. The molecule has 2 rings (SSSR count). The fourth-order valence-electron chi connectivity index (χ4n) is 2.51. The monoisotopic (exact) mass is 277 g/mol. The first kappa shape index (κ1) is 14.7. The molecule has 0 spiro atoms. The molecular formula is C15H23N3O2. The number of likely N-dealkylation sites (tertiary alicyclic amines) is 1. The number of hydrogen-bond donors (Lipinski definition) is 2. The maximum Gasteiger partial charge on any atom is 0.340 e. The summed E-state index contributed by atoms with van der Waals surface area (Å²) in [6, 6.07) is 5.41. The molecule has 20 heavy (non-hydrogen) atoms. The van der Waals surface area contributed by atoms with E-state index in [2.05, 4.69) is 17.3 Å². The summed E-state index contributed by atoms with van der Waals surface area (Å²) in [5.74, 6) is 0.290. The third kappa shape index (κ3) is 3.63. The molecule has 1 unspecified atom stereocenters. The minimum absolute atomic E-state index is 0.352. The zero-order valence-corrected chi connectivity index (χ0v) is 12.2. The van der Waals surface area contributed by atoms with Crippen molar-refractivity contribution in [2.24, 2.45) is 5.92 Å². The fraction of sp³-hybridized carbons (Fsp3) is 0.533. The van der Waals surface area contributed by atoms with E-state index in [1.54, 1.807) is 19.1 Å². The van der Waals surface area contributed by atoms with E-state index in [-0.39, 0.29) is 5.97 Å². The van der Waals surface area contributed by atoms with E-state index in [9.17, 15) is 4.79 Å². The highest BCUT2D eigenvalue weighted by Gasteiger charge is 2.19. The second-order valence-electron chi connectivity index (χ2n) is 5.32. The molecule has 1 atom stereocenters. The van der Waals surface area contributed by atoms with Gasteiger partial charge in [-0.15, -0.1) is 0 Å². The number of ether oxygens (including phenoxy) is 1. The van der Waals surface area contributed by atoms with Crippen LogP contribution < -0.4 is 11.1 Å². The van der Waals surface area contributed by atoms with E-state index in [4.69, 9.17) is 10.5 Å². The Kier molecular flexibility index (Phi) is 4.84. The second-order valence-corrected chi connectivity index (χ2v) is 5.32. The Hall–Kier alpha value is -1.75. The van der Waals surface area contributed by atoms with Gasteiger partial charge in [0.1, 0.15) is 0 Å². The molecule has 1 saturated heterocycles. The zero-order chi connectivity index (χ0) is 14.5. The Morgan fingerprint density at radius 2 is 2.35 bits per heavy atom. The normalized spacial score (nSPS) is 19.0. The predicted molar refractivity (Wildman–Crippen MR) is 80.9 cm³/mol. The molecule has 0 bridgehead atoms. The van der Waals surface area contributed by atoms with Gasteiger partial charge in [0, 0.05) is 24.5 Å². The smallest absolute Gasteiger partial charge is 0.340 e. The minimum atomic E-state index is -0.366. The summed E-state index contributed by atoms with van der Waals surface area (Å²) in [6.07, 6.45) is 1.21. The van der Waals surface area contributed by atoms with E-state index in [0.29, 0.717) is 23.8 Å². The van der Waals surface area contributed by atoms with Gasteiger partial charge in [-0.1, -0.05) is 0 Å². The van der Waals surface area contributed by atoms with E-state index in [1.165, 1.54) is 6.42 Å². The first-order chi connectivity index (χ1) is 9.60. The van der Waals surface area contributed by atoms with Crippen molar-refractivity contribution >= 4 is 17.3 Å². The van der Waals surface area contributed by atoms with Crippen LogP contribution in [0.5, 0.6) is 0 Å². The van der Waals surface area contributed by atoms with Crippen molar-refractivity contribution in [1.82, 2.24) is 4.90 Å². The lowest BCUT2D eigenvalue weighted by molar-refractivity contribution is 0.0527. The molecule has 0 aromatic heterocycles. The average Bonchev–Trinajstić information content (AvgIpc) is 2.84. The van der Waals surface area contributed by atoms with Crippen LogP contribution in [0.15, 0.2) is 18.2 Å². The Bertz CT molecular complexity index is 476. The molecule has 0 aliphatic carbocycles. The molecule has 1 aliphatic heterocycles. The fourth-order valence-corrected chi connectivity index (χ4v) is 2.51. The first-order valence-electron chi connectivity index (χ1n) is 7.09. The highest BCUT2D eigenvalue weighted by molar-refractivity contribution is 5.96. The summed E-state index contributed by atoms with van der Waals surface area (Å²) in [5.41, 5.74) is 7.62. The van der Waals surface area contributed by atoms with E-state index < -0.39 is 0 Å². The van der Waals surface area contributed by atoms with Crippen molar-refractivity contribution in [3.63, 3.8) is 0 Å². The van der Waals surface area contributed by atoms with Crippen LogP contribution in [0, 0.1) is 5.92 Å². The van der Waals surface area contributed by atoms with Crippen molar-refractivity contribution in [1.29, 1.82) is 0 Å². The highest BCUT2D eigenvalue weighted by Crippen LogP contribution is 2.20. The number of nitrogen functional groups attached to an aromatic ring is 1. The molecule has 5 nitrogen and oxygen atoms in total. The Morgan fingerprint density at radius 1 is 1.55 bits per heavy atom. The Morgan fingerprint density at radius 3 is 3.00 bits per heavy atom. The van der Waals surface area contributed by atoms with Gasteiger partial charge in [0.25, 0.3) is 0 Å². The van der Waals surface area contributed by atoms with Gasteiger partial charge in [-0.2, -0.15) is 0 Å². The molecule has 110 valence electrons. The molecule has 1 aliphatic rings. The number of benzene rings is 1. The molecule has 0 saturated carbocycles.